The van der Waals surface area contributed by atoms with Crippen LogP contribution in [0.4, 0.5) is 10.5 Å². The number of carboxylic acid groups (broad SMARTS) is 1. The van der Waals surface area contributed by atoms with Gasteiger partial charge >= 0.3 is 12.1 Å². The number of alkyl carbamates (subject to hydrolysis) is 1. The van der Waals surface area contributed by atoms with Gasteiger partial charge in [0.05, 0.1) is 5.69 Å². The normalized spacial score (nSPS) is 19.0. The number of ether oxygens (including phenoxy) is 1. The Balaban J connectivity index is 1.46. The molecule has 5 N–H and O–H groups in total. The van der Waals surface area contributed by atoms with Crippen LogP contribution < -0.4 is 20.7 Å². The number of para-hydroxylation sites is 1. The summed E-state index contributed by atoms with van der Waals surface area (Å²) >= 11 is 0. The number of carboxylic acids is 1. The summed E-state index contributed by atoms with van der Waals surface area (Å²) < 4.78 is 34.8. The number of benzene rings is 2. The van der Waals surface area contributed by atoms with Crippen molar-refractivity contribution in [2.24, 2.45) is 5.92 Å². The maximum atomic E-state index is 14.1. The van der Waals surface area contributed by atoms with Gasteiger partial charge in [-0.3, -0.25) is 19.2 Å². The van der Waals surface area contributed by atoms with Crippen LogP contribution in [-0.4, -0.2) is 60.0 Å². The van der Waals surface area contributed by atoms with Crippen molar-refractivity contribution in [1.29, 1.82) is 0 Å². The van der Waals surface area contributed by atoms with Gasteiger partial charge in [0, 0.05) is 31.6 Å². The van der Waals surface area contributed by atoms with Crippen molar-refractivity contribution in [3.8, 4) is 0 Å². The van der Waals surface area contributed by atoms with Gasteiger partial charge in [-0.1, -0.05) is 61.7 Å². The number of fused-ring (bicyclic) bond motifs is 1. The van der Waals surface area contributed by atoms with E-state index in [1.807, 2.05) is 24.3 Å². The van der Waals surface area contributed by atoms with E-state index < -0.39 is 62.4 Å². The number of hydrogen-bond acceptors (Lipinski definition) is 8. The first-order valence-electron chi connectivity index (χ1n) is 16.7. The van der Waals surface area contributed by atoms with Crippen molar-refractivity contribution < 1.29 is 42.2 Å². The number of carbonyl (C=O) groups excluding carboxylic acids is 4. The number of rotatable bonds is 16. The Morgan fingerprint density at radius 2 is 1.46 bits per heavy atom. The van der Waals surface area contributed by atoms with Crippen molar-refractivity contribution in [2.75, 3.05) is 5.32 Å². The molecule has 4 rings (SSSR count). The summed E-state index contributed by atoms with van der Waals surface area (Å²) in [5, 5.41) is 16.9. The van der Waals surface area contributed by atoms with E-state index in [1.165, 1.54) is 24.3 Å². The highest BCUT2D eigenvalue weighted by Crippen LogP contribution is 2.46. The third-order valence-corrected chi connectivity index (χ3v) is 10.2. The van der Waals surface area contributed by atoms with Crippen LogP contribution in [0.3, 0.4) is 0 Å². The van der Waals surface area contributed by atoms with Gasteiger partial charge in [-0.2, -0.15) is 0 Å². The maximum absolute atomic E-state index is 14.1. The Labute approximate surface area is 292 Å². The number of sulfonamides is 1. The number of carbonyl (C=O) groups is 5. The number of anilines is 1. The van der Waals surface area contributed by atoms with Crippen LogP contribution in [-0.2, 0) is 46.8 Å². The maximum Gasteiger partial charge on any atom is 0.408 e. The average molecular weight is 711 g/mol. The lowest BCUT2D eigenvalue weighted by molar-refractivity contribution is -0.137. The molecular formula is C36H46N4O9S. The molecule has 0 bridgehead atoms. The Kier molecular flexibility index (Phi) is 11.8. The highest BCUT2D eigenvalue weighted by Gasteiger charge is 2.62. The molecule has 0 spiro atoms. The zero-order valence-corrected chi connectivity index (χ0v) is 29.5. The van der Waals surface area contributed by atoms with Crippen LogP contribution in [0, 0.1) is 5.92 Å². The predicted octanol–water partition coefficient (Wildman–Crippen LogP) is 4.37. The van der Waals surface area contributed by atoms with E-state index in [1.54, 1.807) is 26.8 Å². The Hall–Kier alpha value is -4.72. The van der Waals surface area contributed by atoms with Crippen LogP contribution in [0.5, 0.6) is 0 Å². The fourth-order valence-corrected chi connectivity index (χ4v) is 7.36. The molecule has 0 aromatic heterocycles. The Morgan fingerprint density at radius 3 is 2.04 bits per heavy atom. The molecule has 0 heterocycles. The monoisotopic (exact) mass is 710 g/mol. The van der Waals surface area contributed by atoms with E-state index in [0.717, 1.165) is 24.0 Å². The molecule has 2 aromatic carbocycles. The number of hydrogen-bond donors (Lipinski definition) is 5. The summed E-state index contributed by atoms with van der Waals surface area (Å²) in [6.07, 6.45) is 4.52. The van der Waals surface area contributed by atoms with Crippen molar-refractivity contribution >= 4 is 45.5 Å². The third-order valence-electron chi connectivity index (χ3n) is 8.79. The summed E-state index contributed by atoms with van der Waals surface area (Å²) in [5.41, 5.74) is -2.35. The molecule has 0 unspecified atom stereocenters. The molecule has 0 aliphatic heterocycles. The van der Waals surface area contributed by atoms with E-state index in [0.29, 0.717) is 19.3 Å². The molecule has 0 radical (unpaired) electrons. The lowest BCUT2D eigenvalue weighted by Crippen LogP contribution is -2.64. The van der Waals surface area contributed by atoms with Gasteiger partial charge < -0.3 is 25.8 Å². The molecular weight excluding hydrogens is 664 g/mol. The van der Waals surface area contributed by atoms with Crippen molar-refractivity contribution in [3.05, 3.63) is 72.3 Å². The van der Waals surface area contributed by atoms with E-state index in [4.69, 9.17) is 9.84 Å². The summed E-state index contributed by atoms with van der Waals surface area (Å²) in [6.45, 7) is 8.84. The van der Waals surface area contributed by atoms with Crippen LogP contribution in [0.2, 0.25) is 0 Å². The average Bonchev–Trinajstić information content (AvgIpc) is 3.61. The minimum Gasteiger partial charge on any atom is -0.481 e. The quantitative estimate of drug-likeness (QED) is 0.124. The molecule has 2 aromatic rings. The number of unbranched alkanes of at least 4 members (excludes halogenated alkanes) is 4. The standard InChI is InChI=1S/C36H46N4O9S/c1-5-26-23-36(26,38-31(44)35(39-33(46)49-34(2,3)4)21-24-15-11-12-16-25(24)22-35)32(45)40-50(47,48)28-18-14-13-17-27(28)37-29(41)19-9-7-6-8-10-20-30(42)43/h5,11-18,26H,1,6-10,19-23H2,2-4H3,(H,37,41)(H,38,44)(H,39,46)(H,40,45)(H,42,43)/t26-,36-/m1/s1. The zero-order chi connectivity index (χ0) is 36.7. The molecule has 14 heteroatoms. The molecule has 270 valence electrons. The van der Waals surface area contributed by atoms with Crippen LogP contribution in [0.15, 0.2) is 66.1 Å². The van der Waals surface area contributed by atoms with Gasteiger partial charge in [-0.15, -0.1) is 6.58 Å². The molecule has 4 amide bonds. The highest BCUT2D eigenvalue weighted by molar-refractivity contribution is 7.90. The molecule has 0 saturated heterocycles. The van der Waals surface area contributed by atoms with Gasteiger partial charge in [0.2, 0.25) is 11.8 Å². The zero-order valence-electron chi connectivity index (χ0n) is 28.7. The SMILES string of the molecule is C=C[C@@H]1C[C@]1(NC(=O)C1(NC(=O)OC(C)(C)C)Cc2ccccc2C1)C(=O)NS(=O)(=O)c1ccccc1NC(=O)CCCCCCCC(=O)O. The van der Waals surface area contributed by atoms with Crippen molar-refractivity contribution in [1.82, 2.24) is 15.4 Å². The lowest BCUT2D eigenvalue weighted by Gasteiger charge is -2.32. The summed E-state index contributed by atoms with van der Waals surface area (Å²) in [7, 11) is -4.54. The van der Waals surface area contributed by atoms with Crippen LogP contribution >= 0.6 is 0 Å². The van der Waals surface area contributed by atoms with Gasteiger partial charge in [-0.05, 0) is 63.3 Å². The topological polar surface area (TPSA) is 197 Å². The van der Waals surface area contributed by atoms with Crippen molar-refractivity contribution in [3.63, 3.8) is 0 Å². The molecule has 2 aliphatic carbocycles. The predicted molar refractivity (Wildman–Crippen MR) is 185 cm³/mol. The van der Waals surface area contributed by atoms with E-state index >= 15 is 0 Å². The van der Waals surface area contributed by atoms with Crippen molar-refractivity contribution in [2.45, 2.75) is 107 Å². The molecule has 1 saturated carbocycles. The van der Waals surface area contributed by atoms with E-state index in [9.17, 15) is 32.4 Å². The number of amides is 4. The van der Waals surface area contributed by atoms with E-state index in [-0.39, 0.29) is 42.7 Å². The lowest BCUT2D eigenvalue weighted by atomic mass is 9.93. The van der Waals surface area contributed by atoms with E-state index in [2.05, 4.69) is 27.3 Å². The largest absolute Gasteiger partial charge is 0.481 e. The first-order valence-corrected chi connectivity index (χ1v) is 18.2. The number of nitrogens with one attached hydrogen (secondary N) is 4. The molecule has 1 fully saturated rings. The van der Waals surface area contributed by atoms with Crippen LogP contribution in [0.25, 0.3) is 0 Å². The highest BCUT2D eigenvalue weighted by atomic mass is 32.2. The first kappa shape index (κ1) is 38.1. The second-order valence-corrected chi connectivity index (χ2v) is 15.6. The third kappa shape index (κ3) is 9.49. The molecule has 50 heavy (non-hydrogen) atoms. The fourth-order valence-electron chi connectivity index (χ4n) is 6.15. The summed E-state index contributed by atoms with van der Waals surface area (Å²) in [5.74, 6) is -3.51. The van der Waals surface area contributed by atoms with Gasteiger partial charge in [0.25, 0.3) is 15.9 Å². The minimum absolute atomic E-state index is 0.0161. The molecule has 2 aliphatic rings. The van der Waals surface area contributed by atoms with Gasteiger partial charge in [0.15, 0.2) is 0 Å². The second-order valence-electron chi connectivity index (χ2n) is 13.9. The Bertz CT molecular complexity index is 1730. The molecule has 13 nitrogen and oxygen atoms in total. The van der Waals surface area contributed by atoms with Gasteiger partial charge in [-0.25, -0.2) is 17.9 Å². The first-order chi connectivity index (χ1) is 23.5. The smallest absolute Gasteiger partial charge is 0.408 e. The number of aliphatic carboxylic acids is 1. The molecule has 2 atom stereocenters. The fraction of sp³-hybridized carbons (Fsp3) is 0.472. The minimum atomic E-state index is -4.54. The van der Waals surface area contributed by atoms with Crippen LogP contribution in [0.1, 0.15) is 83.3 Å². The van der Waals surface area contributed by atoms with Gasteiger partial charge in [0.1, 0.15) is 21.6 Å². The Morgan fingerprint density at radius 1 is 0.880 bits per heavy atom. The summed E-state index contributed by atoms with van der Waals surface area (Å²) in [4.78, 5) is 63.9. The second kappa shape index (κ2) is 15.4. The summed E-state index contributed by atoms with van der Waals surface area (Å²) in [6, 6.07) is 13.0.